The van der Waals surface area contributed by atoms with Gasteiger partial charge in [0.2, 0.25) is 0 Å². The Balaban J connectivity index is 1.96. The number of hydrogen-bond acceptors (Lipinski definition) is 6. The van der Waals surface area contributed by atoms with Crippen molar-refractivity contribution < 1.29 is 9.47 Å². The number of pyridine rings is 1. The van der Waals surface area contributed by atoms with E-state index in [0.717, 1.165) is 32.5 Å². The van der Waals surface area contributed by atoms with Crippen molar-refractivity contribution in [1.82, 2.24) is 9.97 Å². The van der Waals surface area contributed by atoms with Gasteiger partial charge in [0.25, 0.3) is 0 Å². The van der Waals surface area contributed by atoms with Crippen LogP contribution in [0.2, 0.25) is 0 Å². The highest BCUT2D eigenvalue weighted by Crippen LogP contribution is 2.34. The summed E-state index contributed by atoms with van der Waals surface area (Å²) < 4.78 is 10.6. The van der Waals surface area contributed by atoms with E-state index in [1.807, 2.05) is 31.2 Å². The number of fused-ring (bicyclic) bond motifs is 1. The number of methoxy groups -OCH3 is 2. The maximum Gasteiger partial charge on any atom is 0.189 e. The molecule has 5 nitrogen and oxygen atoms in total. The summed E-state index contributed by atoms with van der Waals surface area (Å²) in [6.45, 7) is 2.03. The molecule has 3 aromatic rings. The molecule has 2 heterocycles. The normalized spacial score (nSPS) is 10.6. The minimum absolute atomic E-state index is 0.707. The lowest BCUT2D eigenvalue weighted by atomic mass is 10.2. The van der Waals surface area contributed by atoms with E-state index in [2.05, 4.69) is 15.3 Å². The molecule has 0 aliphatic carbocycles. The van der Waals surface area contributed by atoms with Crippen molar-refractivity contribution in [3.63, 3.8) is 0 Å². The lowest BCUT2D eigenvalue weighted by molar-refractivity contribution is 0.395. The first-order valence-electron chi connectivity index (χ1n) is 6.42. The number of thiazole rings is 1. The Morgan fingerprint density at radius 2 is 2.00 bits per heavy atom. The minimum atomic E-state index is 0.707. The molecule has 0 radical (unpaired) electrons. The van der Waals surface area contributed by atoms with E-state index in [0.29, 0.717) is 5.75 Å². The van der Waals surface area contributed by atoms with Gasteiger partial charge in [0.15, 0.2) is 5.13 Å². The molecular formula is C15H15N3O2S. The van der Waals surface area contributed by atoms with E-state index < -0.39 is 0 Å². The van der Waals surface area contributed by atoms with Gasteiger partial charge in [-0.15, -0.1) is 0 Å². The summed E-state index contributed by atoms with van der Waals surface area (Å²) in [4.78, 5) is 9.84. The maximum atomic E-state index is 5.38. The Hall–Kier alpha value is -2.34. The molecule has 0 aliphatic rings. The fourth-order valence-electron chi connectivity index (χ4n) is 2.02. The van der Waals surface area contributed by atoms with Crippen LogP contribution in [-0.4, -0.2) is 24.2 Å². The van der Waals surface area contributed by atoms with Gasteiger partial charge < -0.3 is 14.8 Å². The predicted molar refractivity (Wildman–Crippen MR) is 85.0 cm³/mol. The van der Waals surface area contributed by atoms with Crippen LogP contribution in [0.1, 0.15) is 5.56 Å². The van der Waals surface area contributed by atoms with Crippen molar-refractivity contribution in [2.45, 2.75) is 6.92 Å². The molecule has 0 saturated heterocycles. The molecule has 2 aromatic heterocycles. The maximum absolute atomic E-state index is 5.38. The summed E-state index contributed by atoms with van der Waals surface area (Å²) in [7, 11) is 3.26. The molecule has 108 valence electrons. The third-order valence-corrected chi connectivity index (χ3v) is 4.03. The molecule has 3 rings (SSSR count). The second kappa shape index (κ2) is 5.57. The van der Waals surface area contributed by atoms with Crippen LogP contribution in [0.4, 0.5) is 10.8 Å². The molecule has 0 fully saturated rings. The van der Waals surface area contributed by atoms with Crippen molar-refractivity contribution >= 4 is 32.5 Å². The van der Waals surface area contributed by atoms with E-state index in [4.69, 9.17) is 9.47 Å². The molecule has 0 bridgehead atoms. The smallest absolute Gasteiger partial charge is 0.189 e. The van der Waals surface area contributed by atoms with Crippen molar-refractivity contribution in [2.24, 2.45) is 0 Å². The first-order chi connectivity index (χ1) is 10.2. The van der Waals surface area contributed by atoms with Gasteiger partial charge in [-0.05, 0) is 30.7 Å². The second-order valence-electron chi connectivity index (χ2n) is 4.49. The Morgan fingerprint density at radius 3 is 2.71 bits per heavy atom. The highest BCUT2D eigenvalue weighted by molar-refractivity contribution is 7.21. The molecule has 1 aromatic carbocycles. The number of aromatic nitrogens is 2. The van der Waals surface area contributed by atoms with Crippen LogP contribution in [0.3, 0.4) is 0 Å². The van der Waals surface area contributed by atoms with Gasteiger partial charge in [-0.2, -0.15) is 0 Å². The first-order valence-corrected chi connectivity index (χ1v) is 7.24. The number of anilines is 2. The molecule has 21 heavy (non-hydrogen) atoms. The van der Waals surface area contributed by atoms with E-state index >= 15 is 0 Å². The van der Waals surface area contributed by atoms with E-state index in [1.165, 1.54) is 11.3 Å². The number of benzene rings is 1. The fourth-order valence-corrected chi connectivity index (χ4v) is 2.92. The van der Waals surface area contributed by atoms with Gasteiger partial charge in [-0.25, -0.2) is 9.97 Å². The quantitative estimate of drug-likeness (QED) is 0.795. The number of nitrogens with zero attached hydrogens (tertiary/aromatic N) is 2. The van der Waals surface area contributed by atoms with Gasteiger partial charge in [0.05, 0.1) is 19.9 Å². The highest BCUT2D eigenvalue weighted by atomic mass is 32.1. The third kappa shape index (κ3) is 2.62. The number of aryl methyl sites for hydroxylation is 1. The molecule has 1 N–H and O–H groups in total. The van der Waals surface area contributed by atoms with Crippen molar-refractivity contribution in [2.75, 3.05) is 19.5 Å². The van der Waals surface area contributed by atoms with Crippen molar-refractivity contribution in [1.29, 1.82) is 0 Å². The summed E-state index contributed by atoms with van der Waals surface area (Å²) in [5, 5.41) is 4.07. The molecule has 6 heteroatoms. The van der Waals surface area contributed by atoms with Gasteiger partial charge in [0, 0.05) is 12.3 Å². The number of rotatable bonds is 4. The van der Waals surface area contributed by atoms with Crippen molar-refractivity contribution in [3.8, 4) is 11.5 Å². The zero-order valence-corrected chi connectivity index (χ0v) is 12.8. The SMILES string of the molecule is COc1ccc(Nc2nc3c(C)ccnc3s2)c(OC)c1. The van der Waals surface area contributed by atoms with Crippen LogP contribution in [0.25, 0.3) is 10.3 Å². The Kier molecular flexibility index (Phi) is 3.62. The van der Waals surface area contributed by atoms with Crippen LogP contribution < -0.4 is 14.8 Å². The third-order valence-electron chi connectivity index (χ3n) is 3.15. The molecular weight excluding hydrogens is 286 g/mol. The first kappa shape index (κ1) is 13.6. The average molecular weight is 301 g/mol. The summed E-state index contributed by atoms with van der Waals surface area (Å²) in [5.41, 5.74) is 2.89. The molecule has 0 unspecified atom stereocenters. The summed E-state index contributed by atoms with van der Waals surface area (Å²) in [5.74, 6) is 1.46. The fraction of sp³-hybridized carbons (Fsp3) is 0.200. The number of nitrogens with one attached hydrogen (secondary N) is 1. The van der Waals surface area contributed by atoms with Crippen LogP contribution in [0, 0.1) is 6.92 Å². The monoisotopic (exact) mass is 301 g/mol. The minimum Gasteiger partial charge on any atom is -0.497 e. The molecule has 0 aliphatic heterocycles. The van der Waals surface area contributed by atoms with Gasteiger partial charge in [-0.1, -0.05) is 11.3 Å². The van der Waals surface area contributed by atoms with Crippen LogP contribution >= 0.6 is 11.3 Å². The molecule has 0 amide bonds. The van der Waals surface area contributed by atoms with Crippen molar-refractivity contribution in [3.05, 3.63) is 36.0 Å². The van der Waals surface area contributed by atoms with E-state index in [1.54, 1.807) is 20.4 Å². The van der Waals surface area contributed by atoms with Gasteiger partial charge in [-0.3, -0.25) is 0 Å². The number of hydrogen-bond donors (Lipinski definition) is 1. The summed E-state index contributed by atoms with van der Waals surface area (Å²) in [6, 6.07) is 7.57. The van der Waals surface area contributed by atoms with Crippen LogP contribution in [0.15, 0.2) is 30.5 Å². The van der Waals surface area contributed by atoms with Crippen LogP contribution in [0.5, 0.6) is 11.5 Å². The summed E-state index contributed by atoms with van der Waals surface area (Å²) >= 11 is 1.52. The standard InChI is InChI=1S/C15H15N3O2S/c1-9-6-7-16-14-13(9)18-15(21-14)17-11-5-4-10(19-2)8-12(11)20-3/h4-8H,1-3H3,(H,17,18). The highest BCUT2D eigenvalue weighted by Gasteiger charge is 2.10. The largest absolute Gasteiger partial charge is 0.497 e. The zero-order valence-electron chi connectivity index (χ0n) is 12.0. The lowest BCUT2D eigenvalue weighted by Crippen LogP contribution is -1.95. The Morgan fingerprint density at radius 1 is 1.14 bits per heavy atom. The second-order valence-corrected chi connectivity index (χ2v) is 5.47. The lowest BCUT2D eigenvalue weighted by Gasteiger charge is -2.10. The topological polar surface area (TPSA) is 56.3 Å². The van der Waals surface area contributed by atoms with E-state index in [-0.39, 0.29) is 0 Å². The Bertz CT molecular complexity index is 786. The van der Waals surface area contributed by atoms with Gasteiger partial charge >= 0.3 is 0 Å². The summed E-state index contributed by atoms with van der Waals surface area (Å²) in [6.07, 6.45) is 1.80. The van der Waals surface area contributed by atoms with Crippen LogP contribution in [-0.2, 0) is 0 Å². The number of ether oxygens (including phenoxy) is 2. The molecule has 0 saturated carbocycles. The molecule has 0 spiro atoms. The predicted octanol–water partition coefficient (Wildman–Crippen LogP) is 3.76. The molecule has 0 atom stereocenters. The van der Waals surface area contributed by atoms with Gasteiger partial charge in [0.1, 0.15) is 21.8 Å². The van der Waals surface area contributed by atoms with E-state index in [9.17, 15) is 0 Å². The zero-order chi connectivity index (χ0) is 14.8. The Labute approximate surface area is 126 Å². The average Bonchev–Trinajstić information content (AvgIpc) is 2.91.